The van der Waals surface area contributed by atoms with Gasteiger partial charge in [0.25, 0.3) is 10.0 Å². The predicted molar refractivity (Wildman–Crippen MR) is 108 cm³/mol. The Morgan fingerprint density at radius 2 is 1.89 bits per heavy atom. The molecule has 0 aliphatic rings. The summed E-state index contributed by atoms with van der Waals surface area (Å²) in [6.07, 6.45) is 1.94. The van der Waals surface area contributed by atoms with Gasteiger partial charge in [-0.05, 0) is 43.0 Å². The summed E-state index contributed by atoms with van der Waals surface area (Å²) in [5.74, 6) is -0.891. The molecule has 0 aromatic heterocycles. The van der Waals surface area contributed by atoms with Crippen LogP contribution in [0, 0.1) is 12.7 Å². The molecule has 3 N–H and O–H groups in total. The SMILES string of the molecule is CSC(C)CNC(=O)Nc1cc(S(=O)(=O)Nc2ccccc2)c(F)cc1C. The van der Waals surface area contributed by atoms with E-state index in [0.717, 1.165) is 12.1 Å². The van der Waals surface area contributed by atoms with E-state index in [1.807, 2.05) is 13.2 Å². The van der Waals surface area contributed by atoms with Crippen LogP contribution in [0.5, 0.6) is 0 Å². The van der Waals surface area contributed by atoms with E-state index in [1.54, 1.807) is 49.0 Å². The average Bonchev–Trinajstić information content (AvgIpc) is 2.62. The standard InChI is InChI=1S/C18H22FN3O3S2/c1-12-9-15(19)17(27(24,25)22-14-7-5-4-6-8-14)10-16(12)21-18(23)20-11-13(2)26-3/h4-10,13,22H,11H2,1-3H3,(H2,20,21,23). The van der Waals surface area contributed by atoms with Crippen LogP contribution in [0.25, 0.3) is 0 Å². The van der Waals surface area contributed by atoms with Crippen LogP contribution >= 0.6 is 11.8 Å². The van der Waals surface area contributed by atoms with Gasteiger partial charge in [0.15, 0.2) is 0 Å². The van der Waals surface area contributed by atoms with Gasteiger partial charge >= 0.3 is 6.03 Å². The van der Waals surface area contributed by atoms with Gasteiger partial charge in [-0.15, -0.1) is 0 Å². The second-order valence-electron chi connectivity index (χ2n) is 5.95. The van der Waals surface area contributed by atoms with Crippen molar-refractivity contribution in [2.24, 2.45) is 0 Å². The first-order valence-electron chi connectivity index (χ1n) is 8.18. The van der Waals surface area contributed by atoms with Gasteiger partial charge in [-0.1, -0.05) is 25.1 Å². The molecule has 2 aromatic carbocycles. The molecule has 146 valence electrons. The van der Waals surface area contributed by atoms with Crippen LogP contribution in [0.15, 0.2) is 47.4 Å². The first kappa shape index (κ1) is 21.0. The molecule has 0 fully saturated rings. The Morgan fingerprint density at radius 1 is 1.22 bits per heavy atom. The Bertz CT molecular complexity index is 906. The molecule has 2 aromatic rings. The van der Waals surface area contributed by atoms with Crippen molar-refractivity contribution in [1.82, 2.24) is 5.32 Å². The van der Waals surface area contributed by atoms with E-state index in [9.17, 15) is 17.6 Å². The zero-order valence-corrected chi connectivity index (χ0v) is 16.9. The normalized spacial score (nSPS) is 12.3. The molecule has 0 saturated heterocycles. The van der Waals surface area contributed by atoms with Crippen molar-refractivity contribution in [2.75, 3.05) is 22.8 Å². The summed E-state index contributed by atoms with van der Waals surface area (Å²) in [4.78, 5) is 11.5. The molecule has 0 aliphatic carbocycles. The van der Waals surface area contributed by atoms with E-state index >= 15 is 0 Å². The number of carbonyl (C=O) groups is 1. The highest BCUT2D eigenvalue weighted by atomic mass is 32.2. The fourth-order valence-electron chi connectivity index (χ4n) is 2.20. The van der Waals surface area contributed by atoms with Gasteiger partial charge in [-0.3, -0.25) is 4.72 Å². The van der Waals surface area contributed by atoms with Gasteiger partial charge in [-0.2, -0.15) is 11.8 Å². The Kier molecular flexibility index (Phi) is 7.09. The molecule has 0 aliphatic heterocycles. The zero-order chi connectivity index (χ0) is 20.0. The van der Waals surface area contributed by atoms with Crippen molar-refractivity contribution >= 4 is 39.2 Å². The lowest BCUT2D eigenvalue weighted by molar-refractivity contribution is 0.252. The van der Waals surface area contributed by atoms with Crippen molar-refractivity contribution in [3.8, 4) is 0 Å². The molecule has 2 rings (SSSR count). The second kappa shape index (κ2) is 9.09. The third kappa shape index (κ3) is 5.86. The van der Waals surface area contributed by atoms with E-state index in [4.69, 9.17) is 0 Å². The zero-order valence-electron chi connectivity index (χ0n) is 15.2. The summed E-state index contributed by atoms with van der Waals surface area (Å²) >= 11 is 1.61. The van der Waals surface area contributed by atoms with Crippen LogP contribution in [0.2, 0.25) is 0 Å². The lowest BCUT2D eigenvalue weighted by Crippen LogP contribution is -2.33. The molecule has 1 unspecified atom stereocenters. The van der Waals surface area contributed by atoms with E-state index < -0.39 is 26.8 Å². The van der Waals surface area contributed by atoms with Crippen LogP contribution in [0.3, 0.4) is 0 Å². The van der Waals surface area contributed by atoms with E-state index in [1.165, 1.54) is 0 Å². The summed E-state index contributed by atoms with van der Waals surface area (Å²) in [5.41, 5.74) is 0.953. The Labute approximate surface area is 163 Å². The number of urea groups is 1. The number of benzene rings is 2. The van der Waals surface area contributed by atoms with Crippen molar-refractivity contribution in [2.45, 2.75) is 24.0 Å². The predicted octanol–water partition coefficient (Wildman–Crippen LogP) is 3.81. The van der Waals surface area contributed by atoms with Crippen LogP contribution in [-0.4, -0.2) is 32.5 Å². The number of amides is 2. The molecule has 6 nitrogen and oxygen atoms in total. The maximum absolute atomic E-state index is 14.3. The number of rotatable bonds is 7. The number of aryl methyl sites for hydroxylation is 1. The summed E-state index contributed by atoms with van der Waals surface area (Å²) in [6, 6.07) is 9.90. The fraction of sp³-hybridized carbons (Fsp3) is 0.278. The minimum atomic E-state index is -4.15. The number of para-hydroxylation sites is 1. The van der Waals surface area contributed by atoms with Gasteiger partial charge in [0, 0.05) is 23.2 Å². The van der Waals surface area contributed by atoms with Gasteiger partial charge in [0.1, 0.15) is 10.7 Å². The number of carbonyl (C=O) groups excluding carboxylic acids is 1. The Hall–Kier alpha value is -2.26. The molecule has 0 saturated carbocycles. The molecule has 0 radical (unpaired) electrons. The van der Waals surface area contributed by atoms with E-state index in [2.05, 4.69) is 15.4 Å². The monoisotopic (exact) mass is 411 g/mol. The molecule has 0 spiro atoms. The van der Waals surface area contributed by atoms with Crippen LogP contribution < -0.4 is 15.4 Å². The second-order valence-corrected chi connectivity index (χ2v) is 8.88. The number of nitrogens with one attached hydrogen (secondary N) is 3. The van der Waals surface area contributed by atoms with E-state index in [-0.39, 0.29) is 10.9 Å². The number of hydrogen-bond donors (Lipinski definition) is 3. The third-order valence-corrected chi connectivity index (χ3v) is 6.16. The quantitative estimate of drug-likeness (QED) is 0.647. The molecular weight excluding hydrogens is 389 g/mol. The van der Waals surface area contributed by atoms with Crippen LogP contribution in [0.4, 0.5) is 20.6 Å². The molecule has 0 heterocycles. The highest BCUT2D eigenvalue weighted by Gasteiger charge is 2.21. The first-order valence-corrected chi connectivity index (χ1v) is 11.0. The molecule has 2 amide bonds. The molecular formula is C18H22FN3O3S2. The maximum Gasteiger partial charge on any atom is 0.319 e. The minimum absolute atomic E-state index is 0.221. The summed E-state index contributed by atoms with van der Waals surface area (Å²) in [7, 11) is -4.15. The smallest absolute Gasteiger partial charge is 0.319 e. The fourth-order valence-corrected chi connectivity index (χ4v) is 3.59. The van der Waals surface area contributed by atoms with Gasteiger partial charge in [-0.25, -0.2) is 17.6 Å². The van der Waals surface area contributed by atoms with Crippen molar-refractivity contribution in [3.05, 3.63) is 53.8 Å². The lowest BCUT2D eigenvalue weighted by Gasteiger charge is -2.15. The molecule has 1 atom stereocenters. The Balaban J connectivity index is 2.23. The highest BCUT2D eigenvalue weighted by molar-refractivity contribution is 7.99. The van der Waals surface area contributed by atoms with Crippen molar-refractivity contribution in [3.63, 3.8) is 0 Å². The first-order chi connectivity index (χ1) is 12.7. The Morgan fingerprint density at radius 3 is 2.52 bits per heavy atom. The average molecular weight is 412 g/mol. The molecule has 0 bridgehead atoms. The number of hydrogen-bond acceptors (Lipinski definition) is 4. The maximum atomic E-state index is 14.3. The van der Waals surface area contributed by atoms with Crippen molar-refractivity contribution in [1.29, 1.82) is 0 Å². The molecule has 9 heteroatoms. The molecule has 27 heavy (non-hydrogen) atoms. The number of sulfonamides is 1. The lowest BCUT2D eigenvalue weighted by atomic mass is 10.2. The van der Waals surface area contributed by atoms with Crippen LogP contribution in [0.1, 0.15) is 12.5 Å². The summed E-state index contributed by atoms with van der Waals surface area (Å²) in [6.45, 7) is 4.01. The third-order valence-electron chi connectivity index (χ3n) is 3.80. The number of thioether (sulfide) groups is 1. The number of anilines is 2. The summed E-state index contributed by atoms with van der Waals surface area (Å²) < 4.78 is 41.7. The van der Waals surface area contributed by atoms with Gasteiger partial charge in [0.05, 0.1) is 0 Å². The topological polar surface area (TPSA) is 87.3 Å². The van der Waals surface area contributed by atoms with Crippen LogP contribution in [-0.2, 0) is 10.0 Å². The highest BCUT2D eigenvalue weighted by Crippen LogP contribution is 2.25. The number of halogens is 1. The summed E-state index contributed by atoms with van der Waals surface area (Å²) in [5, 5.41) is 5.50. The van der Waals surface area contributed by atoms with Gasteiger partial charge in [0.2, 0.25) is 0 Å². The largest absolute Gasteiger partial charge is 0.337 e. The van der Waals surface area contributed by atoms with Crippen molar-refractivity contribution < 1.29 is 17.6 Å². The minimum Gasteiger partial charge on any atom is -0.337 e. The van der Waals surface area contributed by atoms with Gasteiger partial charge < -0.3 is 10.6 Å². The van der Waals surface area contributed by atoms with E-state index in [0.29, 0.717) is 17.8 Å².